The van der Waals surface area contributed by atoms with E-state index in [4.69, 9.17) is 0 Å². The smallest absolute Gasteiger partial charge is 0.317 e. The summed E-state index contributed by atoms with van der Waals surface area (Å²) >= 11 is 0. The average Bonchev–Trinajstić information content (AvgIpc) is 3.09. The van der Waals surface area contributed by atoms with Gasteiger partial charge in [0.05, 0.1) is 23.4 Å². The van der Waals surface area contributed by atoms with Crippen LogP contribution in [0.5, 0.6) is 0 Å². The van der Waals surface area contributed by atoms with Gasteiger partial charge in [-0.05, 0) is 30.0 Å². The molecule has 2 aromatic heterocycles. The molecule has 3 aromatic rings. The summed E-state index contributed by atoms with van der Waals surface area (Å²) in [6.45, 7) is 4.29. The van der Waals surface area contributed by atoms with E-state index in [0.29, 0.717) is 31.9 Å². The van der Waals surface area contributed by atoms with Gasteiger partial charge in [-0.25, -0.2) is 9.18 Å². The molecule has 1 aromatic carbocycles. The number of anilines is 1. The maximum absolute atomic E-state index is 13.9. The molecule has 0 unspecified atom stereocenters. The first-order chi connectivity index (χ1) is 13.5. The van der Waals surface area contributed by atoms with Gasteiger partial charge in [0, 0.05) is 45.6 Å². The number of carbonyl (C=O) groups is 1. The molecule has 7 heteroatoms. The van der Waals surface area contributed by atoms with Gasteiger partial charge in [0.1, 0.15) is 0 Å². The van der Waals surface area contributed by atoms with Crippen molar-refractivity contribution in [3.63, 3.8) is 0 Å². The number of amides is 2. The van der Waals surface area contributed by atoms with Gasteiger partial charge in [-0.2, -0.15) is 0 Å². The SMILES string of the molecule is C[C@H](NC(=O)N1CCN(c2ccncc2F)CC1)c1cccc2ccn(C)c12. The van der Waals surface area contributed by atoms with E-state index in [1.54, 1.807) is 17.2 Å². The van der Waals surface area contributed by atoms with E-state index < -0.39 is 0 Å². The second kappa shape index (κ2) is 7.50. The number of nitrogens with zero attached hydrogens (tertiary/aromatic N) is 4. The second-order valence-electron chi connectivity index (χ2n) is 7.18. The molecule has 1 aliphatic rings. The highest BCUT2D eigenvalue weighted by atomic mass is 19.1. The summed E-state index contributed by atoms with van der Waals surface area (Å²) in [6.07, 6.45) is 4.84. The number of hydrogen-bond acceptors (Lipinski definition) is 3. The van der Waals surface area contributed by atoms with Crippen LogP contribution in [-0.4, -0.2) is 46.7 Å². The molecule has 0 bridgehead atoms. The Labute approximate surface area is 163 Å². The molecule has 3 heterocycles. The Bertz CT molecular complexity index is 993. The lowest BCUT2D eigenvalue weighted by molar-refractivity contribution is 0.191. The Morgan fingerprint density at radius 3 is 2.71 bits per heavy atom. The van der Waals surface area contributed by atoms with Crippen LogP contribution in [0, 0.1) is 5.82 Å². The maximum Gasteiger partial charge on any atom is 0.317 e. The third kappa shape index (κ3) is 3.40. The highest BCUT2D eigenvalue weighted by Gasteiger charge is 2.24. The van der Waals surface area contributed by atoms with E-state index in [1.807, 2.05) is 31.1 Å². The van der Waals surface area contributed by atoms with Gasteiger partial charge < -0.3 is 19.7 Å². The van der Waals surface area contributed by atoms with Crippen molar-refractivity contribution in [3.05, 3.63) is 60.3 Å². The van der Waals surface area contributed by atoms with E-state index in [1.165, 1.54) is 6.20 Å². The zero-order chi connectivity index (χ0) is 19.7. The fourth-order valence-corrected chi connectivity index (χ4v) is 3.87. The van der Waals surface area contributed by atoms with Crippen LogP contribution in [0.3, 0.4) is 0 Å². The number of aromatic nitrogens is 2. The topological polar surface area (TPSA) is 53.4 Å². The summed E-state index contributed by atoms with van der Waals surface area (Å²) in [5.74, 6) is -0.329. The summed E-state index contributed by atoms with van der Waals surface area (Å²) in [5.41, 5.74) is 2.77. The number of para-hydroxylation sites is 1. The minimum Gasteiger partial charge on any atom is -0.366 e. The van der Waals surface area contributed by atoms with Crippen molar-refractivity contribution < 1.29 is 9.18 Å². The molecule has 4 rings (SSSR count). The summed E-state index contributed by atoms with van der Waals surface area (Å²) in [7, 11) is 2.01. The minimum atomic E-state index is -0.329. The maximum atomic E-state index is 13.9. The van der Waals surface area contributed by atoms with Crippen LogP contribution in [0.2, 0.25) is 0 Å². The number of pyridine rings is 1. The van der Waals surface area contributed by atoms with Crippen LogP contribution < -0.4 is 10.2 Å². The number of carbonyl (C=O) groups excluding carboxylic acids is 1. The predicted molar refractivity (Wildman–Crippen MR) is 108 cm³/mol. The van der Waals surface area contributed by atoms with Crippen molar-refractivity contribution in [1.29, 1.82) is 0 Å². The van der Waals surface area contributed by atoms with Gasteiger partial charge in [0.25, 0.3) is 0 Å². The molecule has 6 nitrogen and oxygen atoms in total. The van der Waals surface area contributed by atoms with Crippen LogP contribution in [0.1, 0.15) is 18.5 Å². The summed E-state index contributed by atoms with van der Waals surface area (Å²) in [4.78, 5) is 20.3. The first-order valence-electron chi connectivity index (χ1n) is 9.48. The first kappa shape index (κ1) is 18.3. The number of halogens is 1. The van der Waals surface area contributed by atoms with Crippen LogP contribution in [0.25, 0.3) is 10.9 Å². The van der Waals surface area contributed by atoms with Gasteiger partial charge in [0.2, 0.25) is 0 Å². The predicted octanol–water partition coefficient (Wildman–Crippen LogP) is 3.31. The molecule has 0 aliphatic carbocycles. The first-order valence-corrected chi connectivity index (χ1v) is 9.48. The molecule has 1 fully saturated rings. The average molecular weight is 381 g/mol. The van der Waals surface area contributed by atoms with Crippen LogP contribution in [-0.2, 0) is 7.05 Å². The van der Waals surface area contributed by atoms with Crippen molar-refractivity contribution in [3.8, 4) is 0 Å². The van der Waals surface area contributed by atoms with Crippen molar-refractivity contribution in [2.75, 3.05) is 31.1 Å². The molecule has 28 heavy (non-hydrogen) atoms. The van der Waals surface area contributed by atoms with Gasteiger partial charge in [-0.1, -0.05) is 18.2 Å². The van der Waals surface area contributed by atoms with Gasteiger partial charge >= 0.3 is 6.03 Å². The number of aryl methyl sites for hydroxylation is 1. The lowest BCUT2D eigenvalue weighted by Crippen LogP contribution is -2.52. The fourth-order valence-electron chi connectivity index (χ4n) is 3.87. The number of rotatable bonds is 3. The lowest BCUT2D eigenvalue weighted by Gasteiger charge is -2.36. The van der Waals surface area contributed by atoms with Crippen LogP contribution >= 0.6 is 0 Å². The molecule has 2 amide bonds. The Balaban J connectivity index is 1.41. The molecule has 0 radical (unpaired) electrons. The zero-order valence-corrected chi connectivity index (χ0v) is 16.1. The van der Waals surface area contributed by atoms with Gasteiger partial charge in [-0.15, -0.1) is 0 Å². The number of piperazine rings is 1. The van der Waals surface area contributed by atoms with Crippen molar-refractivity contribution in [2.24, 2.45) is 7.05 Å². The number of nitrogens with one attached hydrogen (secondary N) is 1. The summed E-state index contributed by atoms with van der Waals surface area (Å²) < 4.78 is 16.0. The van der Waals surface area contributed by atoms with E-state index in [0.717, 1.165) is 16.5 Å². The van der Waals surface area contributed by atoms with Crippen molar-refractivity contribution in [1.82, 2.24) is 19.8 Å². The third-order valence-electron chi connectivity index (χ3n) is 5.39. The molecule has 1 aliphatic heterocycles. The van der Waals surface area contributed by atoms with E-state index in [-0.39, 0.29) is 17.9 Å². The molecule has 146 valence electrons. The van der Waals surface area contributed by atoms with Gasteiger partial charge in [0.15, 0.2) is 5.82 Å². The number of hydrogen-bond donors (Lipinski definition) is 1. The highest BCUT2D eigenvalue weighted by molar-refractivity contribution is 5.84. The normalized spacial score (nSPS) is 15.7. The Hall–Kier alpha value is -3.09. The molecule has 1 N–H and O–H groups in total. The second-order valence-corrected chi connectivity index (χ2v) is 7.18. The Morgan fingerprint density at radius 2 is 1.96 bits per heavy atom. The zero-order valence-electron chi connectivity index (χ0n) is 16.1. The standard InChI is InChI=1S/C21H24FN5O/c1-15(17-5-3-4-16-7-9-25(2)20(16)17)24-21(28)27-12-10-26(11-13-27)19-6-8-23-14-18(19)22/h3-9,14-15H,10-13H2,1-2H3,(H,24,28)/t15-/m0/s1. The van der Waals surface area contributed by atoms with E-state index in [2.05, 4.69) is 33.1 Å². The molecule has 0 spiro atoms. The number of fused-ring (bicyclic) bond motifs is 1. The quantitative estimate of drug-likeness (QED) is 0.757. The molecule has 0 saturated carbocycles. The largest absolute Gasteiger partial charge is 0.366 e. The Morgan fingerprint density at radius 1 is 1.18 bits per heavy atom. The summed E-state index contributed by atoms with van der Waals surface area (Å²) in [5, 5.41) is 4.27. The third-order valence-corrected chi connectivity index (χ3v) is 5.39. The summed E-state index contributed by atoms with van der Waals surface area (Å²) in [6, 6.07) is 9.69. The molecule has 1 atom stereocenters. The number of benzene rings is 1. The van der Waals surface area contributed by atoms with Crippen LogP contribution in [0.15, 0.2) is 48.9 Å². The van der Waals surface area contributed by atoms with E-state index in [9.17, 15) is 9.18 Å². The Kier molecular flexibility index (Phi) is 4.90. The monoisotopic (exact) mass is 381 g/mol. The number of urea groups is 1. The lowest BCUT2D eigenvalue weighted by atomic mass is 10.1. The van der Waals surface area contributed by atoms with E-state index >= 15 is 0 Å². The molecule has 1 saturated heterocycles. The van der Waals surface area contributed by atoms with Gasteiger partial charge in [-0.3, -0.25) is 4.98 Å². The molecular formula is C21H24FN5O. The fraction of sp³-hybridized carbons (Fsp3) is 0.333. The van der Waals surface area contributed by atoms with Crippen molar-refractivity contribution >= 4 is 22.6 Å². The minimum absolute atomic E-state index is 0.0893. The van der Waals surface area contributed by atoms with Crippen molar-refractivity contribution in [2.45, 2.75) is 13.0 Å². The highest BCUT2D eigenvalue weighted by Crippen LogP contribution is 2.25. The van der Waals surface area contributed by atoms with Crippen LogP contribution in [0.4, 0.5) is 14.9 Å². The molecular weight excluding hydrogens is 357 g/mol.